The number of aromatic nitrogens is 1. The monoisotopic (exact) mass is 196 g/mol. The van der Waals surface area contributed by atoms with Gasteiger partial charge in [0.15, 0.2) is 0 Å². The maximum absolute atomic E-state index is 5.44. The third-order valence-electron chi connectivity index (χ3n) is 2.38. The molecule has 1 aromatic rings. The number of hydrogen-bond acceptors (Lipinski definition) is 3. The van der Waals surface area contributed by atoms with Crippen molar-refractivity contribution < 1.29 is 0 Å². The van der Waals surface area contributed by atoms with Gasteiger partial charge in [-0.2, -0.15) is 0 Å². The molecule has 1 aliphatic rings. The van der Waals surface area contributed by atoms with Crippen molar-refractivity contribution in [3.63, 3.8) is 0 Å². The molecule has 0 atom stereocenters. The van der Waals surface area contributed by atoms with E-state index in [1.54, 1.807) is 0 Å². The third kappa shape index (κ3) is 2.51. The van der Waals surface area contributed by atoms with Crippen LogP contribution in [0.5, 0.6) is 0 Å². The molecule has 0 radical (unpaired) electrons. The number of unbranched alkanes of at least 4 members (excludes halogenated alkanes) is 1. The molecule has 0 aromatic carbocycles. The molecule has 1 heterocycles. The molecule has 0 amide bonds. The zero-order chi connectivity index (χ0) is 9.10. The first kappa shape index (κ1) is 9.16. The van der Waals surface area contributed by atoms with E-state index in [0.29, 0.717) is 0 Å². The van der Waals surface area contributed by atoms with Gasteiger partial charge in [-0.3, -0.25) is 0 Å². The lowest BCUT2D eigenvalue weighted by Gasteiger charge is -1.94. The van der Waals surface area contributed by atoms with Crippen LogP contribution in [0.25, 0.3) is 0 Å². The van der Waals surface area contributed by atoms with Gasteiger partial charge in [0, 0.05) is 11.3 Å². The first-order valence-electron chi connectivity index (χ1n) is 5.04. The van der Waals surface area contributed by atoms with Crippen molar-refractivity contribution in [2.45, 2.75) is 38.0 Å². The maximum atomic E-state index is 5.44. The van der Waals surface area contributed by atoms with Crippen LogP contribution in [0.3, 0.4) is 0 Å². The van der Waals surface area contributed by atoms with Gasteiger partial charge in [-0.15, -0.1) is 11.3 Å². The Bertz CT molecular complexity index is 266. The number of nitrogens with zero attached hydrogens (tertiary/aromatic N) is 1. The van der Waals surface area contributed by atoms with E-state index in [1.807, 2.05) is 11.3 Å². The summed E-state index contributed by atoms with van der Waals surface area (Å²) < 4.78 is 0. The van der Waals surface area contributed by atoms with Crippen LogP contribution in [0.1, 0.15) is 42.3 Å². The van der Waals surface area contributed by atoms with Gasteiger partial charge in [-0.1, -0.05) is 0 Å². The van der Waals surface area contributed by atoms with Gasteiger partial charge in [0.25, 0.3) is 0 Å². The number of hydrogen-bond donors (Lipinski definition) is 1. The second kappa shape index (κ2) is 4.20. The van der Waals surface area contributed by atoms with Crippen molar-refractivity contribution in [3.8, 4) is 0 Å². The van der Waals surface area contributed by atoms with Gasteiger partial charge in [0.1, 0.15) is 0 Å². The molecule has 72 valence electrons. The minimum atomic E-state index is 0.805. The van der Waals surface area contributed by atoms with Crippen LogP contribution < -0.4 is 5.73 Å². The molecule has 0 unspecified atom stereocenters. The molecule has 13 heavy (non-hydrogen) atoms. The summed E-state index contributed by atoms with van der Waals surface area (Å²) in [5.74, 6) is 0.813. The summed E-state index contributed by atoms with van der Waals surface area (Å²) in [4.78, 5) is 4.62. The minimum absolute atomic E-state index is 0.805. The van der Waals surface area contributed by atoms with E-state index in [4.69, 9.17) is 5.73 Å². The molecular weight excluding hydrogens is 180 g/mol. The standard InChI is InChI=1S/C10H16N2S/c11-6-2-1-3-9-7-13-10(12-9)8-4-5-8/h7-8H,1-6,11H2. The molecular formula is C10H16N2S. The van der Waals surface area contributed by atoms with E-state index in [1.165, 1.54) is 30.0 Å². The highest BCUT2D eigenvalue weighted by molar-refractivity contribution is 7.09. The lowest BCUT2D eigenvalue weighted by molar-refractivity contribution is 0.733. The summed E-state index contributed by atoms with van der Waals surface area (Å²) in [6, 6.07) is 0. The molecule has 2 N–H and O–H groups in total. The molecule has 1 aromatic heterocycles. The van der Waals surface area contributed by atoms with Crippen LogP contribution in [0, 0.1) is 0 Å². The summed E-state index contributed by atoms with van der Waals surface area (Å²) >= 11 is 1.84. The van der Waals surface area contributed by atoms with Gasteiger partial charge < -0.3 is 5.73 Å². The fourth-order valence-electron chi connectivity index (χ4n) is 1.41. The van der Waals surface area contributed by atoms with Gasteiger partial charge in [0.2, 0.25) is 0 Å². The van der Waals surface area contributed by atoms with Gasteiger partial charge in [-0.05, 0) is 38.6 Å². The molecule has 2 nitrogen and oxygen atoms in total. The Morgan fingerprint density at radius 3 is 3.00 bits per heavy atom. The number of aryl methyl sites for hydroxylation is 1. The van der Waals surface area contributed by atoms with Crippen LogP contribution in [0.15, 0.2) is 5.38 Å². The predicted octanol–water partition coefficient (Wildman–Crippen LogP) is 2.30. The average Bonchev–Trinajstić information content (AvgIpc) is 2.88. The Morgan fingerprint density at radius 1 is 1.46 bits per heavy atom. The summed E-state index contributed by atoms with van der Waals surface area (Å²) in [7, 11) is 0. The highest BCUT2D eigenvalue weighted by Crippen LogP contribution is 2.41. The number of rotatable bonds is 5. The Labute approximate surface area is 83.2 Å². The van der Waals surface area contributed by atoms with Crippen molar-refractivity contribution in [3.05, 3.63) is 16.1 Å². The molecule has 2 rings (SSSR count). The van der Waals surface area contributed by atoms with Crippen molar-refractivity contribution in [2.75, 3.05) is 6.54 Å². The molecule has 1 saturated carbocycles. The van der Waals surface area contributed by atoms with Crippen LogP contribution in [0.4, 0.5) is 0 Å². The molecule has 3 heteroatoms. The lowest BCUT2D eigenvalue weighted by atomic mass is 10.2. The summed E-state index contributed by atoms with van der Waals surface area (Å²) in [6.07, 6.45) is 6.13. The zero-order valence-corrected chi connectivity index (χ0v) is 8.65. The Morgan fingerprint density at radius 2 is 2.31 bits per heavy atom. The maximum Gasteiger partial charge on any atom is 0.0959 e. The Hall–Kier alpha value is -0.410. The molecule has 0 spiro atoms. The van der Waals surface area contributed by atoms with E-state index in [2.05, 4.69) is 10.4 Å². The van der Waals surface area contributed by atoms with E-state index >= 15 is 0 Å². The lowest BCUT2D eigenvalue weighted by Crippen LogP contribution is -1.99. The summed E-state index contributed by atoms with van der Waals surface area (Å²) in [6.45, 7) is 0.805. The highest BCUT2D eigenvalue weighted by atomic mass is 32.1. The first-order chi connectivity index (χ1) is 6.40. The minimum Gasteiger partial charge on any atom is -0.330 e. The molecule has 0 aliphatic heterocycles. The summed E-state index contributed by atoms with van der Waals surface area (Å²) in [5.41, 5.74) is 6.72. The van der Waals surface area contributed by atoms with Crippen LogP contribution in [0.2, 0.25) is 0 Å². The topological polar surface area (TPSA) is 38.9 Å². The van der Waals surface area contributed by atoms with Gasteiger partial charge in [-0.25, -0.2) is 4.98 Å². The van der Waals surface area contributed by atoms with E-state index in [9.17, 15) is 0 Å². The quantitative estimate of drug-likeness (QED) is 0.734. The van der Waals surface area contributed by atoms with Crippen molar-refractivity contribution in [1.29, 1.82) is 0 Å². The van der Waals surface area contributed by atoms with E-state index < -0.39 is 0 Å². The van der Waals surface area contributed by atoms with Crippen molar-refractivity contribution >= 4 is 11.3 Å². The number of thiazole rings is 1. The van der Waals surface area contributed by atoms with Crippen LogP contribution in [-0.2, 0) is 6.42 Å². The van der Waals surface area contributed by atoms with E-state index in [0.717, 1.165) is 25.3 Å². The SMILES string of the molecule is NCCCCc1csc(C2CC2)n1. The fraction of sp³-hybridized carbons (Fsp3) is 0.700. The van der Waals surface area contributed by atoms with E-state index in [-0.39, 0.29) is 0 Å². The average molecular weight is 196 g/mol. The molecule has 0 bridgehead atoms. The Balaban J connectivity index is 1.82. The molecule has 1 fully saturated rings. The fourth-order valence-corrected chi connectivity index (χ4v) is 2.43. The highest BCUT2D eigenvalue weighted by Gasteiger charge is 2.26. The largest absolute Gasteiger partial charge is 0.330 e. The number of nitrogens with two attached hydrogens (primary N) is 1. The molecule has 1 aliphatic carbocycles. The second-order valence-electron chi connectivity index (χ2n) is 3.70. The van der Waals surface area contributed by atoms with Crippen molar-refractivity contribution in [2.24, 2.45) is 5.73 Å². The van der Waals surface area contributed by atoms with Crippen LogP contribution >= 0.6 is 11.3 Å². The van der Waals surface area contributed by atoms with Crippen molar-refractivity contribution in [1.82, 2.24) is 4.98 Å². The predicted molar refractivity (Wildman–Crippen MR) is 56.1 cm³/mol. The van der Waals surface area contributed by atoms with Gasteiger partial charge >= 0.3 is 0 Å². The normalized spacial score (nSPS) is 16.4. The molecule has 0 saturated heterocycles. The smallest absolute Gasteiger partial charge is 0.0959 e. The second-order valence-corrected chi connectivity index (χ2v) is 4.59. The summed E-state index contributed by atoms with van der Waals surface area (Å²) in [5, 5.41) is 3.58. The zero-order valence-electron chi connectivity index (χ0n) is 7.83. The van der Waals surface area contributed by atoms with Gasteiger partial charge in [0.05, 0.1) is 10.7 Å². The third-order valence-corrected chi connectivity index (χ3v) is 3.44. The Kier molecular flexibility index (Phi) is 2.96. The first-order valence-corrected chi connectivity index (χ1v) is 5.92. The van der Waals surface area contributed by atoms with Crippen LogP contribution in [-0.4, -0.2) is 11.5 Å².